The third-order valence-corrected chi connectivity index (χ3v) is 5.28. The molecule has 28 heavy (non-hydrogen) atoms. The zero-order chi connectivity index (χ0) is 20.4. The number of aryl methyl sites for hydroxylation is 1. The summed E-state index contributed by atoms with van der Waals surface area (Å²) < 4.78 is 13.9. The number of nitrogens with one attached hydrogen (secondary N) is 1. The molecule has 10 heteroatoms. The van der Waals surface area contributed by atoms with Crippen LogP contribution in [0.15, 0.2) is 24.3 Å². The first-order valence-corrected chi connectivity index (χ1v) is 9.39. The average Bonchev–Trinajstić information content (AvgIpc) is 3.17. The standard InChI is InChI=1S/C18H20FN5O3S/c1-11-15(16(26)22(2)3)28-17(20-11)21-14(25)10-23-8-9-24(18(23)27)13-7-5-4-6-12(13)19/h4-7H,8-10H2,1-3H3,(H,20,21,25). The second-order valence-electron chi connectivity index (χ2n) is 6.49. The van der Waals surface area contributed by atoms with Crippen LogP contribution in [0.25, 0.3) is 0 Å². The van der Waals surface area contributed by atoms with Crippen molar-refractivity contribution >= 4 is 40.0 Å². The minimum atomic E-state index is -0.487. The maximum atomic E-state index is 13.9. The van der Waals surface area contributed by atoms with Gasteiger partial charge in [-0.1, -0.05) is 23.5 Å². The second-order valence-corrected chi connectivity index (χ2v) is 7.49. The van der Waals surface area contributed by atoms with Crippen molar-refractivity contribution in [3.63, 3.8) is 0 Å². The Labute approximate surface area is 165 Å². The van der Waals surface area contributed by atoms with E-state index in [2.05, 4.69) is 10.3 Å². The molecule has 0 bridgehead atoms. The fourth-order valence-electron chi connectivity index (χ4n) is 2.81. The normalized spacial score (nSPS) is 13.8. The van der Waals surface area contributed by atoms with E-state index < -0.39 is 17.8 Å². The number of benzene rings is 1. The lowest BCUT2D eigenvalue weighted by Crippen LogP contribution is -2.37. The Morgan fingerprint density at radius 1 is 1.29 bits per heavy atom. The van der Waals surface area contributed by atoms with Crippen LogP contribution in [0.3, 0.4) is 0 Å². The van der Waals surface area contributed by atoms with Crippen LogP contribution >= 0.6 is 11.3 Å². The summed E-state index contributed by atoms with van der Waals surface area (Å²) in [5.74, 6) is -1.11. The van der Waals surface area contributed by atoms with Gasteiger partial charge in [-0.05, 0) is 19.1 Å². The average molecular weight is 405 g/mol. The van der Waals surface area contributed by atoms with Gasteiger partial charge in [0, 0.05) is 27.2 Å². The highest BCUT2D eigenvalue weighted by Crippen LogP contribution is 2.25. The van der Waals surface area contributed by atoms with Gasteiger partial charge >= 0.3 is 6.03 Å². The van der Waals surface area contributed by atoms with Crippen molar-refractivity contribution < 1.29 is 18.8 Å². The highest BCUT2D eigenvalue weighted by Gasteiger charge is 2.32. The minimum Gasteiger partial charge on any atom is -0.344 e. The number of rotatable bonds is 5. The molecule has 1 aromatic heterocycles. The molecule has 148 valence electrons. The number of nitrogens with zero attached hydrogens (tertiary/aromatic N) is 4. The number of aromatic nitrogens is 1. The summed E-state index contributed by atoms with van der Waals surface area (Å²) >= 11 is 1.08. The molecule has 8 nitrogen and oxygen atoms in total. The highest BCUT2D eigenvalue weighted by molar-refractivity contribution is 7.17. The first kappa shape index (κ1) is 19.7. The third-order valence-electron chi connectivity index (χ3n) is 4.22. The summed E-state index contributed by atoms with van der Waals surface area (Å²) in [5.41, 5.74) is 0.722. The van der Waals surface area contributed by atoms with E-state index in [4.69, 9.17) is 0 Å². The van der Waals surface area contributed by atoms with Crippen LogP contribution in [-0.4, -0.2) is 66.4 Å². The summed E-state index contributed by atoms with van der Waals surface area (Å²) in [7, 11) is 3.28. The summed E-state index contributed by atoms with van der Waals surface area (Å²) in [6, 6.07) is 5.58. The quantitative estimate of drug-likeness (QED) is 0.826. The van der Waals surface area contributed by atoms with Gasteiger partial charge in [0.05, 0.1) is 11.4 Å². The molecule has 0 saturated carbocycles. The molecule has 0 atom stereocenters. The lowest BCUT2D eigenvalue weighted by molar-refractivity contribution is -0.116. The van der Waals surface area contributed by atoms with E-state index in [9.17, 15) is 18.8 Å². The minimum absolute atomic E-state index is 0.181. The number of urea groups is 1. The predicted octanol–water partition coefficient (Wildman–Crippen LogP) is 2.17. The van der Waals surface area contributed by atoms with Gasteiger partial charge in [0.2, 0.25) is 5.91 Å². The van der Waals surface area contributed by atoms with E-state index in [0.29, 0.717) is 28.8 Å². The molecular formula is C18H20FN5O3S. The van der Waals surface area contributed by atoms with Gasteiger partial charge in [0.25, 0.3) is 5.91 Å². The molecule has 1 aliphatic rings. The summed E-state index contributed by atoms with van der Waals surface area (Å²) in [6.07, 6.45) is 0. The van der Waals surface area contributed by atoms with E-state index in [1.807, 2.05) is 0 Å². The number of thiazole rings is 1. The third kappa shape index (κ3) is 3.96. The Hall–Kier alpha value is -3.01. The maximum absolute atomic E-state index is 13.9. The first-order valence-electron chi connectivity index (χ1n) is 8.58. The molecular weight excluding hydrogens is 385 g/mol. The van der Waals surface area contributed by atoms with Crippen LogP contribution in [0.2, 0.25) is 0 Å². The molecule has 4 amide bonds. The van der Waals surface area contributed by atoms with Gasteiger partial charge in [0.15, 0.2) is 5.13 Å². The van der Waals surface area contributed by atoms with Crippen molar-refractivity contribution in [2.75, 3.05) is 43.9 Å². The van der Waals surface area contributed by atoms with Crippen molar-refractivity contribution in [2.45, 2.75) is 6.92 Å². The molecule has 0 aliphatic carbocycles. The van der Waals surface area contributed by atoms with Gasteiger partial charge in [-0.3, -0.25) is 14.5 Å². The SMILES string of the molecule is Cc1nc(NC(=O)CN2CCN(c3ccccc3F)C2=O)sc1C(=O)N(C)C. The van der Waals surface area contributed by atoms with Crippen molar-refractivity contribution in [2.24, 2.45) is 0 Å². The number of para-hydroxylation sites is 1. The molecule has 3 rings (SSSR count). The monoisotopic (exact) mass is 405 g/mol. The van der Waals surface area contributed by atoms with Crippen LogP contribution < -0.4 is 10.2 Å². The fourth-order valence-corrected chi connectivity index (χ4v) is 3.81. The van der Waals surface area contributed by atoms with Gasteiger partial charge in [-0.2, -0.15) is 0 Å². The van der Waals surface area contributed by atoms with Crippen LogP contribution in [0.1, 0.15) is 15.4 Å². The van der Waals surface area contributed by atoms with E-state index in [1.165, 1.54) is 26.8 Å². The predicted molar refractivity (Wildman–Crippen MR) is 104 cm³/mol. The zero-order valence-corrected chi connectivity index (χ0v) is 16.5. The van der Waals surface area contributed by atoms with Crippen LogP contribution in [-0.2, 0) is 4.79 Å². The van der Waals surface area contributed by atoms with Gasteiger partial charge in [-0.25, -0.2) is 14.2 Å². The molecule has 1 aromatic carbocycles. The number of hydrogen-bond donors (Lipinski definition) is 1. The topological polar surface area (TPSA) is 85.9 Å². The van der Waals surface area contributed by atoms with Gasteiger partial charge in [-0.15, -0.1) is 0 Å². The lowest BCUT2D eigenvalue weighted by atomic mass is 10.3. The van der Waals surface area contributed by atoms with E-state index in [1.54, 1.807) is 33.2 Å². The Bertz CT molecular complexity index is 930. The number of halogens is 1. The number of carbonyl (C=O) groups excluding carboxylic acids is 3. The van der Waals surface area contributed by atoms with Gasteiger partial charge < -0.3 is 15.1 Å². The van der Waals surface area contributed by atoms with Crippen LogP contribution in [0.4, 0.5) is 20.0 Å². The molecule has 2 aromatic rings. The molecule has 1 saturated heterocycles. The molecule has 2 heterocycles. The first-order chi connectivity index (χ1) is 13.3. The smallest absolute Gasteiger partial charge is 0.325 e. The number of amides is 4. The van der Waals surface area contributed by atoms with Crippen molar-refractivity contribution in [1.29, 1.82) is 0 Å². The highest BCUT2D eigenvalue weighted by atomic mass is 32.1. The number of carbonyl (C=O) groups is 3. The lowest BCUT2D eigenvalue weighted by Gasteiger charge is -2.18. The Balaban J connectivity index is 1.63. The summed E-state index contributed by atoms with van der Waals surface area (Å²) in [5, 5.41) is 2.92. The molecule has 0 radical (unpaired) electrons. The number of hydrogen-bond acceptors (Lipinski definition) is 5. The summed E-state index contributed by atoms with van der Waals surface area (Å²) in [6.45, 7) is 2.12. The molecule has 0 spiro atoms. The van der Waals surface area contributed by atoms with Crippen molar-refractivity contribution in [1.82, 2.24) is 14.8 Å². The molecule has 1 aliphatic heterocycles. The van der Waals surface area contributed by atoms with E-state index >= 15 is 0 Å². The van der Waals surface area contributed by atoms with Gasteiger partial charge in [0.1, 0.15) is 17.2 Å². The number of anilines is 2. The van der Waals surface area contributed by atoms with Crippen molar-refractivity contribution in [3.05, 3.63) is 40.7 Å². The molecule has 1 N–H and O–H groups in total. The summed E-state index contributed by atoms with van der Waals surface area (Å²) in [4.78, 5) is 45.6. The Kier molecular flexibility index (Phi) is 5.59. The van der Waals surface area contributed by atoms with Crippen LogP contribution in [0, 0.1) is 12.7 Å². The molecule has 1 fully saturated rings. The second kappa shape index (κ2) is 7.93. The Morgan fingerprint density at radius 3 is 2.68 bits per heavy atom. The zero-order valence-electron chi connectivity index (χ0n) is 15.7. The van der Waals surface area contributed by atoms with Crippen molar-refractivity contribution in [3.8, 4) is 0 Å². The fraction of sp³-hybridized carbons (Fsp3) is 0.333. The molecule has 0 unspecified atom stereocenters. The van der Waals surface area contributed by atoms with Crippen LogP contribution in [0.5, 0.6) is 0 Å². The maximum Gasteiger partial charge on any atom is 0.325 e. The largest absolute Gasteiger partial charge is 0.344 e. The van der Waals surface area contributed by atoms with E-state index in [0.717, 1.165) is 11.3 Å². The Morgan fingerprint density at radius 2 is 2.00 bits per heavy atom. The van der Waals surface area contributed by atoms with E-state index in [-0.39, 0.29) is 18.1 Å².